The first kappa shape index (κ1) is 16.7. The van der Waals surface area contributed by atoms with E-state index in [0.29, 0.717) is 25.2 Å². The fourth-order valence-electron chi connectivity index (χ4n) is 2.32. The lowest BCUT2D eigenvalue weighted by Gasteiger charge is -2.30. The van der Waals surface area contributed by atoms with E-state index in [4.69, 9.17) is 0 Å². The number of hydrogen-bond acceptors (Lipinski definition) is 4. The van der Waals surface area contributed by atoms with Crippen LogP contribution in [0.25, 0.3) is 0 Å². The summed E-state index contributed by atoms with van der Waals surface area (Å²) in [5.74, 6) is 0.256. The molecule has 1 fully saturated rings. The van der Waals surface area contributed by atoms with E-state index in [0.717, 1.165) is 18.4 Å². The molecule has 0 aromatic heterocycles. The summed E-state index contributed by atoms with van der Waals surface area (Å²) in [5, 5.41) is 3.36. The highest BCUT2D eigenvalue weighted by Gasteiger charge is 2.30. The Balaban J connectivity index is 2.35. The molecule has 0 radical (unpaired) electrons. The van der Waals surface area contributed by atoms with E-state index in [1.165, 1.54) is 10.4 Å². The molecule has 1 saturated heterocycles. The molecule has 1 aromatic carbocycles. The lowest BCUT2D eigenvalue weighted by atomic mass is 10.2. The van der Waals surface area contributed by atoms with Gasteiger partial charge in [0.25, 0.3) is 0 Å². The number of halogens is 1. The van der Waals surface area contributed by atoms with Gasteiger partial charge in [0, 0.05) is 30.6 Å². The summed E-state index contributed by atoms with van der Waals surface area (Å²) < 4.78 is 40.6. The highest BCUT2D eigenvalue weighted by molar-refractivity contribution is 8.00. The van der Waals surface area contributed by atoms with E-state index < -0.39 is 15.8 Å². The molecule has 4 nitrogen and oxygen atoms in total. The fraction of sp³-hybridized carbons (Fsp3) is 0.571. The van der Waals surface area contributed by atoms with E-state index in [1.807, 2.05) is 13.8 Å². The molecule has 21 heavy (non-hydrogen) atoms. The van der Waals surface area contributed by atoms with Gasteiger partial charge in [-0.05, 0) is 24.2 Å². The van der Waals surface area contributed by atoms with Gasteiger partial charge in [0.2, 0.25) is 10.0 Å². The summed E-state index contributed by atoms with van der Waals surface area (Å²) in [6, 6.07) is 3.99. The second-order valence-corrected chi connectivity index (χ2v) is 8.53. The number of nitrogens with zero attached hydrogens (tertiary/aromatic N) is 1. The van der Waals surface area contributed by atoms with Crippen LogP contribution in [0.5, 0.6) is 0 Å². The Kier molecular flexibility index (Phi) is 5.65. The molecule has 1 atom stereocenters. The molecule has 1 aromatic rings. The van der Waals surface area contributed by atoms with Crippen molar-refractivity contribution in [3.05, 3.63) is 29.6 Å². The van der Waals surface area contributed by atoms with Crippen molar-refractivity contribution in [3.63, 3.8) is 0 Å². The standard InChI is InChI=1S/C14H21FN2O2S2/c1-3-16-9-12-4-5-13(15)8-14(12)21(18,19)17-6-7-20-11(2)10-17/h4-5,8,11,16H,3,6-7,9-10H2,1-2H3. The highest BCUT2D eigenvalue weighted by atomic mass is 32.2. The largest absolute Gasteiger partial charge is 0.313 e. The summed E-state index contributed by atoms with van der Waals surface area (Å²) in [6.45, 7) is 6.06. The van der Waals surface area contributed by atoms with Crippen molar-refractivity contribution in [1.29, 1.82) is 0 Å². The minimum Gasteiger partial charge on any atom is -0.313 e. The summed E-state index contributed by atoms with van der Waals surface area (Å²) >= 11 is 1.76. The van der Waals surface area contributed by atoms with Crippen LogP contribution in [0.3, 0.4) is 0 Å². The van der Waals surface area contributed by atoms with Crippen molar-refractivity contribution in [2.75, 3.05) is 25.4 Å². The van der Waals surface area contributed by atoms with Gasteiger partial charge >= 0.3 is 0 Å². The quantitative estimate of drug-likeness (QED) is 0.897. The first-order valence-electron chi connectivity index (χ1n) is 7.06. The van der Waals surface area contributed by atoms with Gasteiger partial charge in [-0.15, -0.1) is 0 Å². The Morgan fingerprint density at radius 1 is 1.48 bits per heavy atom. The second-order valence-electron chi connectivity index (χ2n) is 5.08. The number of sulfonamides is 1. The van der Waals surface area contributed by atoms with Crippen LogP contribution >= 0.6 is 11.8 Å². The van der Waals surface area contributed by atoms with E-state index >= 15 is 0 Å². The topological polar surface area (TPSA) is 49.4 Å². The van der Waals surface area contributed by atoms with E-state index in [2.05, 4.69) is 5.32 Å². The summed E-state index contributed by atoms with van der Waals surface area (Å²) in [7, 11) is -3.64. The number of hydrogen-bond donors (Lipinski definition) is 1. The minimum atomic E-state index is -3.64. The predicted octanol–water partition coefficient (Wildman–Crippen LogP) is 2.06. The molecule has 7 heteroatoms. The fourth-order valence-corrected chi connectivity index (χ4v) is 5.30. The van der Waals surface area contributed by atoms with Gasteiger partial charge < -0.3 is 5.32 Å². The van der Waals surface area contributed by atoms with Crippen LogP contribution in [-0.2, 0) is 16.6 Å². The van der Waals surface area contributed by atoms with Gasteiger partial charge in [0.05, 0.1) is 4.90 Å². The average molecular weight is 332 g/mol. The Hall–Kier alpha value is -0.630. The molecule has 1 aliphatic rings. The zero-order valence-electron chi connectivity index (χ0n) is 12.3. The molecule has 1 unspecified atom stereocenters. The molecule has 0 bridgehead atoms. The van der Waals surface area contributed by atoms with Crippen LogP contribution < -0.4 is 5.32 Å². The van der Waals surface area contributed by atoms with Crippen molar-refractivity contribution in [2.45, 2.75) is 30.5 Å². The van der Waals surface area contributed by atoms with Crippen molar-refractivity contribution in [1.82, 2.24) is 9.62 Å². The maximum atomic E-state index is 13.5. The third-order valence-electron chi connectivity index (χ3n) is 3.42. The van der Waals surface area contributed by atoms with Crippen LogP contribution in [0, 0.1) is 5.82 Å². The number of benzene rings is 1. The zero-order valence-corrected chi connectivity index (χ0v) is 13.9. The Morgan fingerprint density at radius 3 is 2.90 bits per heavy atom. The average Bonchev–Trinajstić information content (AvgIpc) is 2.46. The molecule has 2 rings (SSSR count). The molecule has 1 N–H and O–H groups in total. The Labute approximate surface area is 130 Å². The predicted molar refractivity (Wildman–Crippen MR) is 84.5 cm³/mol. The molecule has 0 aliphatic carbocycles. The van der Waals surface area contributed by atoms with Gasteiger partial charge in [-0.1, -0.05) is 19.9 Å². The van der Waals surface area contributed by atoms with Crippen molar-refractivity contribution in [3.8, 4) is 0 Å². The number of nitrogens with one attached hydrogen (secondary N) is 1. The van der Waals surface area contributed by atoms with Crippen molar-refractivity contribution in [2.24, 2.45) is 0 Å². The zero-order chi connectivity index (χ0) is 15.5. The van der Waals surface area contributed by atoms with Crippen LogP contribution in [0.4, 0.5) is 4.39 Å². The second kappa shape index (κ2) is 7.09. The van der Waals surface area contributed by atoms with E-state index in [-0.39, 0.29) is 10.1 Å². The normalized spacial score (nSPS) is 20.6. The van der Waals surface area contributed by atoms with Crippen LogP contribution in [0.1, 0.15) is 19.4 Å². The maximum absolute atomic E-state index is 13.5. The lowest BCUT2D eigenvalue weighted by Crippen LogP contribution is -2.41. The van der Waals surface area contributed by atoms with Gasteiger partial charge in [-0.3, -0.25) is 0 Å². The number of thioether (sulfide) groups is 1. The molecule has 1 aliphatic heterocycles. The summed E-state index contributed by atoms with van der Waals surface area (Å²) in [6.07, 6.45) is 0. The van der Waals surface area contributed by atoms with E-state index in [9.17, 15) is 12.8 Å². The van der Waals surface area contributed by atoms with Gasteiger partial charge in [-0.2, -0.15) is 16.1 Å². The monoisotopic (exact) mass is 332 g/mol. The first-order chi connectivity index (χ1) is 9.95. The van der Waals surface area contributed by atoms with Gasteiger partial charge in [0.1, 0.15) is 5.82 Å². The smallest absolute Gasteiger partial charge is 0.243 e. The third kappa shape index (κ3) is 3.97. The Bertz CT molecular complexity index is 593. The molecule has 0 spiro atoms. The molecule has 1 heterocycles. The molecule has 0 amide bonds. The summed E-state index contributed by atoms with van der Waals surface area (Å²) in [4.78, 5) is 0.0857. The number of rotatable bonds is 5. The van der Waals surface area contributed by atoms with Crippen LogP contribution in [0.2, 0.25) is 0 Å². The molecule has 0 saturated carbocycles. The molecule has 118 valence electrons. The van der Waals surface area contributed by atoms with Gasteiger partial charge in [-0.25, -0.2) is 12.8 Å². The lowest BCUT2D eigenvalue weighted by molar-refractivity contribution is 0.423. The third-order valence-corrected chi connectivity index (χ3v) is 6.50. The summed E-state index contributed by atoms with van der Waals surface area (Å²) in [5.41, 5.74) is 0.615. The highest BCUT2D eigenvalue weighted by Crippen LogP contribution is 2.26. The van der Waals surface area contributed by atoms with Gasteiger partial charge in [0.15, 0.2) is 0 Å². The first-order valence-corrected chi connectivity index (χ1v) is 9.55. The van der Waals surface area contributed by atoms with E-state index in [1.54, 1.807) is 17.8 Å². The SMILES string of the molecule is CCNCc1ccc(F)cc1S(=O)(=O)N1CCSC(C)C1. The van der Waals surface area contributed by atoms with Crippen molar-refractivity contribution < 1.29 is 12.8 Å². The maximum Gasteiger partial charge on any atom is 0.243 e. The van der Waals surface area contributed by atoms with Crippen LogP contribution in [-0.4, -0.2) is 43.4 Å². The molecular weight excluding hydrogens is 311 g/mol. The minimum absolute atomic E-state index is 0.0857. The molecular formula is C14H21FN2O2S2. The Morgan fingerprint density at radius 2 is 2.24 bits per heavy atom. The van der Waals surface area contributed by atoms with Crippen LogP contribution in [0.15, 0.2) is 23.1 Å². The van der Waals surface area contributed by atoms with Crippen molar-refractivity contribution >= 4 is 21.8 Å².